The van der Waals surface area contributed by atoms with Crippen molar-refractivity contribution in [3.63, 3.8) is 0 Å². The highest BCUT2D eigenvalue weighted by atomic mass is 79.9. The second-order valence-corrected chi connectivity index (χ2v) is 7.14. The topological polar surface area (TPSA) is 58.4 Å². The molecule has 1 aromatic carbocycles. The Morgan fingerprint density at radius 3 is 2.79 bits per heavy atom. The van der Waals surface area contributed by atoms with Gasteiger partial charge in [0.1, 0.15) is 11.5 Å². The molecule has 1 amide bonds. The molecule has 0 radical (unpaired) electrons. The Labute approximate surface area is 152 Å². The molecule has 0 saturated carbocycles. The SMILES string of the molecule is CN(CC(=O)Nc1nccs1)Cc1ccc(-c2ccc(Br)cc2)o1. The van der Waals surface area contributed by atoms with Gasteiger partial charge in [0.05, 0.1) is 13.1 Å². The van der Waals surface area contributed by atoms with Gasteiger partial charge in [-0.25, -0.2) is 4.98 Å². The van der Waals surface area contributed by atoms with Crippen LogP contribution in [0.3, 0.4) is 0 Å². The van der Waals surface area contributed by atoms with E-state index in [4.69, 9.17) is 4.42 Å². The maximum Gasteiger partial charge on any atom is 0.240 e. The van der Waals surface area contributed by atoms with Crippen molar-refractivity contribution in [1.29, 1.82) is 0 Å². The second kappa shape index (κ2) is 7.74. The van der Waals surface area contributed by atoms with Crippen molar-refractivity contribution in [2.24, 2.45) is 0 Å². The summed E-state index contributed by atoms with van der Waals surface area (Å²) in [5, 5.41) is 5.21. The highest BCUT2D eigenvalue weighted by Gasteiger charge is 2.11. The van der Waals surface area contributed by atoms with Crippen molar-refractivity contribution in [1.82, 2.24) is 9.88 Å². The van der Waals surface area contributed by atoms with Crippen molar-refractivity contribution in [2.45, 2.75) is 6.54 Å². The number of rotatable bonds is 6. The van der Waals surface area contributed by atoms with Gasteiger partial charge in [0.25, 0.3) is 0 Å². The third kappa shape index (κ3) is 4.53. The first-order chi connectivity index (χ1) is 11.6. The summed E-state index contributed by atoms with van der Waals surface area (Å²) in [4.78, 5) is 17.9. The molecule has 3 aromatic rings. The number of furan rings is 1. The fourth-order valence-corrected chi connectivity index (χ4v) is 3.05. The minimum atomic E-state index is -0.0906. The Hall–Kier alpha value is -1.96. The quantitative estimate of drug-likeness (QED) is 0.666. The molecule has 7 heteroatoms. The van der Waals surface area contributed by atoms with Crippen molar-refractivity contribution in [3.8, 4) is 11.3 Å². The number of carbonyl (C=O) groups is 1. The van der Waals surface area contributed by atoms with Crippen LogP contribution in [-0.4, -0.2) is 29.4 Å². The van der Waals surface area contributed by atoms with Crippen molar-refractivity contribution >= 4 is 38.3 Å². The number of hydrogen-bond acceptors (Lipinski definition) is 5. The van der Waals surface area contributed by atoms with E-state index in [-0.39, 0.29) is 12.5 Å². The van der Waals surface area contributed by atoms with E-state index in [0.717, 1.165) is 21.6 Å². The van der Waals surface area contributed by atoms with E-state index in [2.05, 4.69) is 26.2 Å². The van der Waals surface area contributed by atoms with Gasteiger partial charge in [-0.3, -0.25) is 9.69 Å². The van der Waals surface area contributed by atoms with Crippen molar-refractivity contribution in [3.05, 3.63) is 58.2 Å². The number of amides is 1. The molecule has 0 atom stereocenters. The van der Waals surface area contributed by atoms with Gasteiger partial charge < -0.3 is 9.73 Å². The number of halogens is 1. The van der Waals surface area contributed by atoms with Gasteiger partial charge in [0.2, 0.25) is 5.91 Å². The van der Waals surface area contributed by atoms with Gasteiger partial charge >= 0.3 is 0 Å². The highest BCUT2D eigenvalue weighted by molar-refractivity contribution is 9.10. The zero-order valence-electron chi connectivity index (χ0n) is 13.0. The Morgan fingerprint density at radius 1 is 1.29 bits per heavy atom. The van der Waals surface area contributed by atoms with Crippen LogP contribution >= 0.6 is 27.3 Å². The molecule has 124 valence electrons. The number of carbonyl (C=O) groups excluding carboxylic acids is 1. The van der Waals surface area contributed by atoms with E-state index in [1.165, 1.54) is 11.3 Å². The van der Waals surface area contributed by atoms with Gasteiger partial charge in [-0.15, -0.1) is 11.3 Å². The molecule has 0 bridgehead atoms. The first kappa shape index (κ1) is 16.9. The summed E-state index contributed by atoms with van der Waals surface area (Å²) in [5.74, 6) is 1.54. The molecule has 5 nitrogen and oxygen atoms in total. The Kier molecular flexibility index (Phi) is 5.44. The summed E-state index contributed by atoms with van der Waals surface area (Å²) < 4.78 is 6.90. The van der Waals surface area contributed by atoms with E-state index in [9.17, 15) is 4.79 Å². The lowest BCUT2D eigenvalue weighted by Gasteiger charge is -2.14. The molecule has 0 aliphatic heterocycles. The van der Waals surface area contributed by atoms with Crippen LogP contribution in [0, 0.1) is 0 Å². The Balaban J connectivity index is 1.56. The number of aromatic nitrogens is 1. The van der Waals surface area contributed by atoms with Crippen LogP contribution in [0.1, 0.15) is 5.76 Å². The molecule has 1 N–H and O–H groups in total. The molecule has 3 rings (SSSR count). The molecule has 2 heterocycles. The van der Waals surface area contributed by atoms with Crippen LogP contribution in [0.5, 0.6) is 0 Å². The average Bonchev–Trinajstić information content (AvgIpc) is 3.19. The number of benzene rings is 1. The normalized spacial score (nSPS) is 11.0. The fourth-order valence-electron chi connectivity index (χ4n) is 2.24. The van der Waals surface area contributed by atoms with Crippen molar-refractivity contribution < 1.29 is 9.21 Å². The maximum absolute atomic E-state index is 11.9. The van der Waals surface area contributed by atoms with Crippen molar-refractivity contribution in [2.75, 3.05) is 18.9 Å². The average molecular weight is 406 g/mol. The summed E-state index contributed by atoms with van der Waals surface area (Å²) in [6, 6.07) is 11.8. The molecule has 0 fully saturated rings. The van der Waals surface area contributed by atoms with Crippen LogP contribution < -0.4 is 5.32 Å². The van der Waals surface area contributed by atoms with Crippen LogP contribution in [0.15, 0.2) is 56.9 Å². The largest absolute Gasteiger partial charge is 0.460 e. The predicted molar refractivity (Wildman–Crippen MR) is 98.9 cm³/mol. The molecular weight excluding hydrogens is 390 g/mol. The molecule has 24 heavy (non-hydrogen) atoms. The second-order valence-electron chi connectivity index (χ2n) is 5.33. The standard InChI is InChI=1S/C17H16BrN3O2S/c1-21(11-16(22)20-17-19-8-9-24-17)10-14-6-7-15(23-14)12-2-4-13(18)5-3-12/h2-9H,10-11H2,1H3,(H,19,20,22). The van der Waals surface area contributed by atoms with E-state index in [1.807, 2.05) is 53.7 Å². The summed E-state index contributed by atoms with van der Waals surface area (Å²) in [5.41, 5.74) is 1.02. The number of thiazole rings is 1. The first-order valence-corrected chi connectivity index (χ1v) is 9.00. The lowest BCUT2D eigenvalue weighted by atomic mass is 10.2. The zero-order chi connectivity index (χ0) is 16.9. The number of hydrogen-bond donors (Lipinski definition) is 1. The number of nitrogens with one attached hydrogen (secondary N) is 1. The molecule has 0 spiro atoms. The van der Waals surface area contributed by atoms with Crippen LogP contribution in [0.25, 0.3) is 11.3 Å². The van der Waals surface area contributed by atoms with Crippen LogP contribution in [-0.2, 0) is 11.3 Å². The van der Waals surface area contributed by atoms with Gasteiger partial charge in [-0.2, -0.15) is 0 Å². The Bertz CT molecular complexity index is 800. The number of anilines is 1. The molecule has 0 unspecified atom stereocenters. The third-order valence-electron chi connectivity index (χ3n) is 3.31. The summed E-state index contributed by atoms with van der Waals surface area (Å²) in [7, 11) is 1.88. The highest BCUT2D eigenvalue weighted by Crippen LogP contribution is 2.24. The van der Waals surface area contributed by atoms with E-state index in [1.54, 1.807) is 6.20 Å². The monoisotopic (exact) mass is 405 g/mol. The predicted octanol–water partition coefficient (Wildman–Crippen LogP) is 4.24. The molecule has 0 saturated heterocycles. The fraction of sp³-hybridized carbons (Fsp3) is 0.176. The summed E-state index contributed by atoms with van der Waals surface area (Å²) >= 11 is 4.82. The minimum absolute atomic E-state index is 0.0906. The minimum Gasteiger partial charge on any atom is -0.460 e. The van der Waals surface area contributed by atoms with E-state index >= 15 is 0 Å². The first-order valence-electron chi connectivity index (χ1n) is 7.33. The van der Waals surface area contributed by atoms with E-state index < -0.39 is 0 Å². The van der Waals surface area contributed by atoms with Crippen LogP contribution in [0.2, 0.25) is 0 Å². The lowest BCUT2D eigenvalue weighted by Crippen LogP contribution is -2.29. The number of likely N-dealkylation sites (N-methyl/N-ethyl adjacent to an activating group) is 1. The van der Waals surface area contributed by atoms with Gasteiger partial charge in [-0.05, 0) is 31.3 Å². The van der Waals surface area contributed by atoms with Gasteiger partial charge in [0.15, 0.2) is 5.13 Å². The van der Waals surface area contributed by atoms with E-state index in [0.29, 0.717) is 11.7 Å². The molecule has 0 aliphatic carbocycles. The molecule has 2 aromatic heterocycles. The molecular formula is C17H16BrN3O2S. The summed E-state index contributed by atoms with van der Waals surface area (Å²) in [6.45, 7) is 0.829. The number of nitrogens with zero attached hydrogens (tertiary/aromatic N) is 2. The lowest BCUT2D eigenvalue weighted by molar-refractivity contribution is -0.117. The third-order valence-corrected chi connectivity index (χ3v) is 4.53. The summed E-state index contributed by atoms with van der Waals surface area (Å²) in [6.07, 6.45) is 1.66. The zero-order valence-corrected chi connectivity index (χ0v) is 15.4. The molecule has 0 aliphatic rings. The smallest absolute Gasteiger partial charge is 0.240 e. The van der Waals surface area contributed by atoms with Crippen LogP contribution in [0.4, 0.5) is 5.13 Å². The Morgan fingerprint density at radius 2 is 2.08 bits per heavy atom. The van der Waals surface area contributed by atoms with Gasteiger partial charge in [0, 0.05) is 21.6 Å². The van der Waals surface area contributed by atoms with Gasteiger partial charge in [-0.1, -0.05) is 28.1 Å². The maximum atomic E-state index is 11.9.